The lowest BCUT2D eigenvalue weighted by molar-refractivity contribution is 0.0964. The number of hydrogen-bond donors (Lipinski definition) is 4. The minimum atomic E-state index is -0.386. The number of hydrogen-bond acceptors (Lipinski definition) is 8. The van der Waals surface area contributed by atoms with Gasteiger partial charge in [0.2, 0.25) is 0 Å². The second-order valence-electron chi connectivity index (χ2n) is 9.41. The number of methoxy groups -OCH3 is 1. The van der Waals surface area contributed by atoms with Crippen molar-refractivity contribution < 1.29 is 19.1 Å². The van der Waals surface area contributed by atoms with Gasteiger partial charge in [0.25, 0.3) is 11.8 Å². The molecule has 42 heavy (non-hydrogen) atoms. The van der Waals surface area contributed by atoms with Crippen molar-refractivity contribution in [1.29, 1.82) is 0 Å². The molecule has 1 saturated heterocycles. The van der Waals surface area contributed by atoms with Crippen LogP contribution in [0.2, 0.25) is 5.02 Å². The molecule has 4 N–H and O–H groups in total. The molecule has 10 nitrogen and oxygen atoms in total. The van der Waals surface area contributed by atoms with E-state index in [1.165, 1.54) is 6.20 Å². The molecule has 0 saturated carbocycles. The van der Waals surface area contributed by atoms with Crippen molar-refractivity contribution in [3.05, 3.63) is 95.1 Å². The molecule has 0 radical (unpaired) electrons. The van der Waals surface area contributed by atoms with Crippen molar-refractivity contribution in [2.75, 3.05) is 61.3 Å². The van der Waals surface area contributed by atoms with Gasteiger partial charge in [-0.3, -0.25) is 9.59 Å². The van der Waals surface area contributed by atoms with E-state index in [9.17, 15) is 9.59 Å². The fourth-order valence-electron chi connectivity index (χ4n) is 4.59. The van der Waals surface area contributed by atoms with Crippen LogP contribution in [0.3, 0.4) is 0 Å². The van der Waals surface area contributed by atoms with E-state index < -0.39 is 0 Å². The molecule has 1 fully saturated rings. The van der Waals surface area contributed by atoms with Gasteiger partial charge in [0.15, 0.2) is 0 Å². The third kappa shape index (κ3) is 6.56. The number of benzene rings is 3. The smallest absolute Gasteiger partial charge is 0.257 e. The molecule has 0 bridgehead atoms. The summed E-state index contributed by atoms with van der Waals surface area (Å²) in [6.45, 7) is 3.04. The number of aromatic nitrogens is 1. The fraction of sp³-hybridized carbons (Fsp3) is 0.194. The molecule has 2 amide bonds. The predicted octanol–water partition coefficient (Wildman–Crippen LogP) is 5.68. The molecule has 1 aromatic heterocycles. The molecule has 1 aliphatic heterocycles. The van der Waals surface area contributed by atoms with Crippen LogP contribution >= 0.6 is 11.6 Å². The highest BCUT2D eigenvalue weighted by Crippen LogP contribution is 2.34. The van der Waals surface area contributed by atoms with Gasteiger partial charge in [0.1, 0.15) is 11.6 Å². The van der Waals surface area contributed by atoms with Crippen molar-refractivity contribution in [2.24, 2.45) is 0 Å². The van der Waals surface area contributed by atoms with Gasteiger partial charge in [-0.1, -0.05) is 35.9 Å². The zero-order valence-corrected chi connectivity index (χ0v) is 24.0. The average Bonchev–Trinajstić information content (AvgIpc) is 3.03. The highest BCUT2D eigenvalue weighted by molar-refractivity contribution is 6.33. The maximum absolute atomic E-state index is 13.3. The van der Waals surface area contributed by atoms with Gasteiger partial charge in [-0.2, -0.15) is 0 Å². The van der Waals surface area contributed by atoms with Crippen LogP contribution in [-0.2, 0) is 4.74 Å². The van der Waals surface area contributed by atoms with Crippen molar-refractivity contribution in [3.63, 3.8) is 0 Å². The second-order valence-corrected chi connectivity index (χ2v) is 9.82. The molecule has 4 aromatic rings. The molecular formula is C31H31ClN6O4. The highest BCUT2D eigenvalue weighted by atomic mass is 35.5. The van der Waals surface area contributed by atoms with Crippen LogP contribution in [-0.4, -0.2) is 57.3 Å². The van der Waals surface area contributed by atoms with Crippen LogP contribution in [0.5, 0.6) is 5.75 Å². The Hall–Kier alpha value is -4.80. The Morgan fingerprint density at radius 3 is 2.26 bits per heavy atom. The fourth-order valence-corrected chi connectivity index (χ4v) is 4.74. The van der Waals surface area contributed by atoms with Crippen molar-refractivity contribution in [3.8, 4) is 5.75 Å². The van der Waals surface area contributed by atoms with Gasteiger partial charge in [-0.25, -0.2) is 4.98 Å². The number of carbonyl (C=O) groups excluding carboxylic acids is 2. The topological polar surface area (TPSA) is 117 Å². The van der Waals surface area contributed by atoms with Gasteiger partial charge >= 0.3 is 0 Å². The number of halogens is 1. The molecule has 0 unspecified atom stereocenters. The van der Waals surface area contributed by atoms with Crippen molar-refractivity contribution in [2.45, 2.75) is 0 Å². The summed E-state index contributed by atoms with van der Waals surface area (Å²) in [5.74, 6) is 0.515. The van der Waals surface area contributed by atoms with Crippen LogP contribution in [0, 0.1) is 0 Å². The second kappa shape index (κ2) is 13.2. The number of morpholine rings is 1. The van der Waals surface area contributed by atoms with Gasteiger partial charge in [-0.15, -0.1) is 0 Å². The number of para-hydroxylation sites is 2. The number of nitrogens with zero attached hydrogens (tertiary/aromatic N) is 2. The monoisotopic (exact) mass is 586 g/mol. The first-order valence-corrected chi connectivity index (χ1v) is 13.8. The van der Waals surface area contributed by atoms with Crippen LogP contribution in [0.25, 0.3) is 0 Å². The first-order chi connectivity index (χ1) is 20.5. The molecular weight excluding hydrogens is 556 g/mol. The number of rotatable bonds is 9. The standard InChI is InChI=1S/C31H31ClN6O4/c1-33-30(39)21-7-3-6-10-25(21)37-31(40)22-8-4-5-9-24(22)35-27-18-29(34-19-23(27)32)36-26-12-11-20(17-28(26)41-2)38-13-15-42-16-14-38/h3-12,17-19H,13-16H2,1-2H3,(H,33,39)(H,37,40)(H2,34,35,36). The molecule has 1 aliphatic rings. The van der Waals surface area contributed by atoms with E-state index in [0.717, 1.165) is 24.5 Å². The number of ether oxygens (including phenoxy) is 2. The SMILES string of the molecule is CNC(=O)c1ccccc1NC(=O)c1ccccc1Nc1cc(Nc2ccc(N3CCOCC3)cc2OC)ncc1Cl. The van der Waals surface area contributed by atoms with E-state index in [1.54, 1.807) is 62.7 Å². The van der Waals surface area contributed by atoms with Crippen molar-refractivity contribution in [1.82, 2.24) is 10.3 Å². The lowest BCUT2D eigenvalue weighted by Crippen LogP contribution is -2.36. The Bertz CT molecular complexity index is 1590. The first kappa shape index (κ1) is 28.7. The minimum Gasteiger partial charge on any atom is -0.494 e. The largest absolute Gasteiger partial charge is 0.494 e. The van der Waals surface area contributed by atoms with Crippen LogP contribution in [0.15, 0.2) is 79.0 Å². The summed E-state index contributed by atoms with van der Waals surface area (Å²) in [6.07, 6.45) is 1.53. The van der Waals surface area contributed by atoms with E-state index >= 15 is 0 Å². The third-order valence-electron chi connectivity index (χ3n) is 6.77. The lowest BCUT2D eigenvalue weighted by Gasteiger charge is -2.29. The van der Waals surface area contributed by atoms with Gasteiger partial charge in [0, 0.05) is 38.0 Å². The maximum atomic E-state index is 13.3. The Morgan fingerprint density at radius 2 is 1.55 bits per heavy atom. The maximum Gasteiger partial charge on any atom is 0.257 e. The van der Waals surface area contributed by atoms with Crippen molar-refractivity contribution >= 4 is 57.7 Å². The number of carbonyl (C=O) groups is 2. The van der Waals surface area contributed by atoms with E-state index in [0.29, 0.717) is 58.0 Å². The number of pyridine rings is 1. The Labute approximate surface area is 249 Å². The Morgan fingerprint density at radius 1 is 0.857 bits per heavy atom. The summed E-state index contributed by atoms with van der Waals surface area (Å²) in [4.78, 5) is 32.3. The molecule has 216 valence electrons. The average molecular weight is 587 g/mol. The molecule has 0 atom stereocenters. The number of anilines is 6. The van der Waals surface area contributed by atoms with Gasteiger partial charge in [-0.05, 0) is 36.4 Å². The lowest BCUT2D eigenvalue weighted by atomic mass is 10.1. The number of amides is 2. The van der Waals surface area contributed by atoms with Crippen LogP contribution in [0.1, 0.15) is 20.7 Å². The Kier molecular flexibility index (Phi) is 9.05. The van der Waals surface area contributed by atoms with Gasteiger partial charge < -0.3 is 35.6 Å². The molecule has 0 spiro atoms. The summed E-state index contributed by atoms with van der Waals surface area (Å²) in [5, 5.41) is 12.4. The molecule has 11 heteroatoms. The normalized spacial score (nSPS) is 12.8. The van der Waals surface area contributed by atoms with Gasteiger partial charge in [0.05, 0.1) is 65.4 Å². The summed E-state index contributed by atoms with van der Waals surface area (Å²) in [6, 6.07) is 21.6. The van der Waals surface area contributed by atoms with Crippen LogP contribution in [0.4, 0.5) is 34.3 Å². The third-order valence-corrected chi connectivity index (χ3v) is 7.07. The quantitative estimate of drug-likeness (QED) is 0.198. The molecule has 2 heterocycles. The first-order valence-electron chi connectivity index (χ1n) is 13.4. The number of nitrogens with one attached hydrogen (secondary N) is 4. The molecule has 0 aliphatic carbocycles. The van der Waals surface area contributed by atoms with Crippen LogP contribution < -0.4 is 30.9 Å². The van der Waals surface area contributed by atoms with E-state index in [2.05, 4.69) is 31.2 Å². The molecule has 5 rings (SSSR count). The minimum absolute atomic E-state index is 0.298. The Balaban J connectivity index is 1.36. The summed E-state index contributed by atoms with van der Waals surface area (Å²) < 4.78 is 11.1. The summed E-state index contributed by atoms with van der Waals surface area (Å²) in [5.41, 5.74) is 4.00. The predicted molar refractivity (Wildman–Crippen MR) is 166 cm³/mol. The zero-order valence-electron chi connectivity index (χ0n) is 23.2. The molecule has 3 aromatic carbocycles. The highest BCUT2D eigenvalue weighted by Gasteiger charge is 2.18. The summed E-state index contributed by atoms with van der Waals surface area (Å²) in [7, 11) is 3.17. The van der Waals surface area contributed by atoms with E-state index in [1.807, 2.05) is 24.3 Å². The van der Waals surface area contributed by atoms with E-state index in [4.69, 9.17) is 21.1 Å². The zero-order chi connectivity index (χ0) is 29.5. The van der Waals surface area contributed by atoms with E-state index in [-0.39, 0.29) is 11.8 Å². The summed E-state index contributed by atoms with van der Waals surface area (Å²) >= 11 is 6.51.